The molecule has 0 spiro atoms. The summed E-state index contributed by atoms with van der Waals surface area (Å²) in [5.74, 6) is 2.62. The van der Waals surface area contributed by atoms with Crippen LogP contribution in [0, 0.1) is 0 Å². The van der Waals surface area contributed by atoms with Gasteiger partial charge in [-0.2, -0.15) is 0 Å². The highest BCUT2D eigenvalue weighted by Crippen LogP contribution is 2.43. The number of halogens is 1. The van der Waals surface area contributed by atoms with E-state index >= 15 is 0 Å². The Morgan fingerprint density at radius 3 is 2.66 bits per heavy atom. The van der Waals surface area contributed by atoms with Crippen LogP contribution in [0.15, 0.2) is 54.6 Å². The molecule has 1 aromatic heterocycles. The molecule has 2 heterocycles. The van der Waals surface area contributed by atoms with E-state index in [1.807, 2.05) is 66.0 Å². The van der Waals surface area contributed by atoms with Gasteiger partial charge >= 0.3 is 5.97 Å². The summed E-state index contributed by atoms with van der Waals surface area (Å²) in [4.78, 5) is 16.4. The summed E-state index contributed by atoms with van der Waals surface area (Å²) in [6.07, 6.45) is 1.27. The molecule has 0 radical (unpaired) electrons. The molecule has 2 aromatic carbocycles. The number of para-hydroxylation sites is 1. The van der Waals surface area contributed by atoms with Crippen LogP contribution in [0.5, 0.6) is 5.75 Å². The minimum absolute atomic E-state index is 0.0634. The van der Waals surface area contributed by atoms with E-state index in [-0.39, 0.29) is 13.2 Å². The quantitative estimate of drug-likeness (QED) is 0.349. The number of benzene rings is 2. The highest BCUT2D eigenvalue weighted by Gasteiger charge is 2.16. The van der Waals surface area contributed by atoms with E-state index in [0.29, 0.717) is 21.0 Å². The van der Waals surface area contributed by atoms with Crippen molar-refractivity contribution in [3.63, 3.8) is 0 Å². The second kappa shape index (κ2) is 9.74. The first-order chi connectivity index (χ1) is 14.2. The van der Waals surface area contributed by atoms with Gasteiger partial charge in [-0.1, -0.05) is 41.9 Å². The molecule has 29 heavy (non-hydrogen) atoms. The van der Waals surface area contributed by atoms with Crippen molar-refractivity contribution in [1.82, 2.24) is 4.98 Å². The highest BCUT2D eigenvalue weighted by molar-refractivity contribution is 8.16. The standard InChI is InChI=1S/C22H20ClNO3S2/c23-21-17(12-16-4-1-2-5-19(16)24-21)13-27-20(25)14-26-18-8-6-15(7-9-18)22-28-10-3-11-29-22/h1-2,4-9,12,22H,3,10-11,13-14H2. The molecule has 1 fully saturated rings. The average molecular weight is 446 g/mol. The summed E-state index contributed by atoms with van der Waals surface area (Å²) in [6, 6.07) is 17.5. The summed E-state index contributed by atoms with van der Waals surface area (Å²) in [5, 5.41) is 1.29. The summed E-state index contributed by atoms with van der Waals surface area (Å²) in [7, 11) is 0. The van der Waals surface area contributed by atoms with E-state index in [0.717, 1.165) is 10.9 Å². The lowest BCUT2D eigenvalue weighted by Gasteiger charge is -2.21. The number of fused-ring (bicyclic) bond motifs is 1. The molecule has 0 atom stereocenters. The van der Waals surface area contributed by atoms with Gasteiger partial charge in [0.1, 0.15) is 17.5 Å². The molecule has 0 aliphatic carbocycles. The third kappa shape index (κ3) is 5.38. The SMILES string of the molecule is O=C(COc1ccc(C2SCCCS2)cc1)OCc1cc2ccccc2nc1Cl. The monoisotopic (exact) mass is 445 g/mol. The Morgan fingerprint density at radius 2 is 1.86 bits per heavy atom. The van der Waals surface area contributed by atoms with Crippen molar-refractivity contribution >= 4 is 52.0 Å². The smallest absolute Gasteiger partial charge is 0.344 e. The van der Waals surface area contributed by atoms with E-state index in [1.54, 1.807) is 0 Å². The maximum Gasteiger partial charge on any atom is 0.344 e. The van der Waals surface area contributed by atoms with Crippen molar-refractivity contribution in [2.24, 2.45) is 0 Å². The largest absolute Gasteiger partial charge is 0.482 e. The van der Waals surface area contributed by atoms with Crippen molar-refractivity contribution in [3.05, 3.63) is 70.9 Å². The van der Waals surface area contributed by atoms with Gasteiger partial charge in [0.05, 0.1) is 10.1 Å². The molecule has 0 unspecified atom stereocenters. The van der Waals surface area contributed by atoms with Gasteiger partial charge in [-0.05, 0) is 47.8 Å². The zero-order chi connectivity index (χ0) is 20.1. The van der Waals surface area contributed by atoms with Crippen LogP contribution < -0.4 is 4.74 Å². The predicted molar refractivity (Wildman–Crippen MR) is 121 cm³/mol. The third-order valence-electron chi connectivity index (χ3n) is 4.47. The molecular weight excluding hydrogens is 426 g/mol. The van der Waals surface area contributed by atoms with Gasteiger partial charge in [0.25, 0.3) is 0 Å². The number of pyridine rings is 1. The summed E-state index contributed by atoms with van der Waals surface area (Å²) >= 11 is 10.2. The van der Waals surface area contributed by atoms with Crippen LogP contribution in [0.4, 0.5) is 0 Å². The minimum atomic E-state index is -0.448. The average Bonchev–Trinajstić information content (AvgIpc) is 2.77. The van der Waals surface area contributed by atoms with Crippen LogP contribution in [0.2, 0.25) is 5.15 Å². The van der Waals surface area contributed by atoms with E-state index in [2.05, 4.69) is 17.1 Å². The maximum atomic E-state index is 12.1. The highest BCUT2D eigenvalue weighted by atomic mass is 35.5. The fourth-order valence-electron chi connectivity index (χ4n) is 2.98. The van der Waals surface area contributed by atoms with Crippen molar-refractivity contribution in [3.8, 4) is 5.75 Å². The lowest BCUT2D eigenvalue weighted by molar-refractivity contribution is -0.147. The Kier molecular flexibility index (Phi) is 6.85. The van der Waals surface area contributed by atoms with Gasteiger partial charge in [0, 0.05) is 10.9 Å². The molecule has 150 valence electrons. The van der Waals surface area contributed by atoms with Crippen LogP contribution in [0.1, 0.15) is 22.1 Å². The van der Waals surface area contributed by atoms with Gasteiger partial charge in [-0.3, -0.25) is 0 Å². The molecule has 4 nitrogen and oxygen atoms in total. The number of aromatic nitrogens is 1. The van der Waals surface area contributed by atoms with Crippen LogP contribution in [-0.4, -0.2) is 29.1 Å². The summed E-state index contributed by atoms with van der Waals surface area (Å²) in [6.45, 7) is -0.0845. The Hall–Kier alpha value is -1.89. The number of carbonyl (C=O) groups excluding carboxylic acids is 1. The summed E-state index contributed by atoms with van der Waals surface area (Å²) < 4.78 is 11.4. The normalized spacial score (nSPS) is 14.7. The second-order valence-corrected chi connectivity index (χ2v) is 9.66. The van der Waals surface area contributed by atoms with Crippen LogP contribution in [0.25, 0.3) is 10.9 Å². The third-order valence-corrected chi connectivity index (χ3v) is 7.82. The van der Waals surface area contributed by atoms with E-state index in [4.69, 9.17) is 21.1 Å². The maximum absolute atomic E-state index is 12.1. The molecule has 3 aromatic rings. The van der Waals surface area contributed by atoms with Crippen molar-refractivity contribution < 1.29 is 14.3 Å². The Morgan fingerprint density at radius 1 is 1.10 bits per heavy atom. The topological polar surface area (TPSA) is 48.4 Å². The fraction of sp³-hybridized carbons (Fsp3) is 0.273. The molecule has 0 N–H and O–H groups in total. The first-order valence-corrected chi connectivity index (χ1v) is 11.8. The molecule has 0 bridgehead atoms. The van der Waals surface area contributed by atoms with Crippen LogP contribution >= 0.6 is 35.1 Å². The van der Waals surface area contributed by atoms with Crippen molar-refractivity contribution in [2.45, 2.75) is 17.6 Å². The van der Waals surface area contributed by atoms with E-state index < -0.39 is 5.97 Å². The Balaban J connectivity index is 1.28. The molecule has 1 aliphatic rings. The van der Waals surface area contributed by atoms with E-state index in [1.165, 1.54) is 23.5 Å². The fourth-order valence-corrected chi connectivity index (χ4v) is 6.08. The molecule has 0 amide bonds. The number of nitrogens with zero attached hydrogens (tertiary/aromatic N) is 1. The number of ether oxygens (including phenoxy) is 2. The first kappa shape index (κ1) is 20.4. The molecular formula is C22H20ClNO3S2. The molecule has 1 aliphatic heterocycles. The van der Waals surface area contributed by atoms with Gasteiger partial charge in [-0.15, -0.1) is 23.5 Å². The first-order valence-electron chi connectivity index (χ1n) is 9.35. The van der Waals surface area contributed by atoms with Crippen molar-refractivity contribution in [2.75, 3.05) is 18.1 Å². The number of hydrogen-bond acceptors (Lipinski definition) is 6. The molecule has 4 rings (SSSR count). The van der Waals surface area contributed by atoms with Gasteiger partial charge in [-0.25, -0.2) is 9.78 Å². The Bertz CT molecular complexity index is 991. The number of rotatable bonds is 6. The zero-order valence-electron chi connectivity index (χ0n) is 15.7. The molecule has 1 saturated heterocycles. The zero-order valence-corrected chi connectivity index (χ0v) is 18.1. The van der Waals surface area contributed by atoms with Gasteiger partial charge in [0.15, 0.2) is 6.61 Å². The van der Waals surface area contributed by atoms with E-state index in [9.17, 15) is 4.79 Å². The van der Waals surface area contributed by atoms with Gasteiger partial charge in [0.2, 0.25) is 0 Å². The molecule has 0 saturated carbocycles. The predicted octanol–water partition coefficient (Wildman–Crippen LogP) is 5.88. The van der Waals surface area contributed by atoms with Crippen LogP contribution in [0.3, 0.4) is 0 Å². The number of carbonyl (C=O) groups is 1. The number of thioether (sulfide) groups is 2. The van der Waals surface area contributed by atoms with Crippen LogP contribution in [-0.2, 0) is 16.1 Å². The lowest BCUT2D eigenvalue weighted by Crippen LogP contribution is -2.15. The second-order valence-electron chi connectivity index (χ2n) is 6.58. The van der Waals surface area contributed by atoms with Crippen molar-refractivity contribution in [1.29, 1.82) is 0 Å². The minimum Gasteiger partial charge on any atom is -0.482 e. The summed E-state index contributed by atoms with van der Waals surface area (Å²) in [5.41, 5.74) is 2.77. The Labute approximate surface area is 183 Å². The number of esters is 1. The number of hydrogen-bond donors (Lipinski definition) is 0. The van der Waals surface area contributed by atoms with Gasteiger partial charge < -0.3 is 9.47 Å². The molecule has 7 heteroatoms. The lowest BCUT2D eigenvalue weighted by atomic mass is 10.2.